The molecule has 1 saturated heterocycles. The van der Waals surface area contributed by atoms with Gasteiger partial charge in [-0.25, -0.2) is 0 Å². The van der Waals surface area contributed by atoms with Crippen LogP contribution in [-0.2, 0) is 13.0 Å². The van der Waals surface area contributed by atoms with Crippen molar-refractivity contribution in [2.75, 3.05) is 19.6 Å². The van der Waals surface area contributed by atoms with Gasteiger partial charge in [-0.2, -0.15) is 0 Å². The molecule has 0 amide bonds. The van der Waals surface area contributed by atoms with Crippen LogP contribution in [0.3, 0.4) is 0 Å². The number of nitrogens with zero attached hydrogens (tertiary/aromatic N) is 2. The van der Waals surface area contributed by atoms with Gasteiger partial charge in [-0.3, -0.25) is 9.88 Å². The van der Waals surface area contributed by atoms with Gasteiger partial charge >= 0.3 is 0 Å². The second-order valence-electron chi connectivity index (χ2n) is 6.06. The molecule has 1 aromatic heterocycles. The predicted octanol–water partition coefficient (Wildman–Crippen LogP) is 2.88. The highest BCUT2D eigenvalue weighted by molar-refractivity contribution is 5.14. The molecule has 1 fully saturated rings. The SMILES string of the molecule is c1ccc(CN2CCC(NCCc3ccccn3)CC2)cc1. The maximum Gasteiger partial charge on any atom is 0.0416 e. The van der Waals surface area contributed by atoms with Gasteiger partial charge in [0, 0.05) is 37.4 Å². The van der Waals surface area contributed by atoms with Crippen LogP contribution in [0.2, 0.25) is 0 Å². The first kappa shape index (κ1) is 15.2. The summed E-state index contributed by atoms with van der Waals surface area (Å²) in [6.45, 7) is 4.49. The van der Waals surface area contributed by atoms with Gasteiger partial charge in [-0.1, -0.05) is 36.4 Å². The van der Waals surface area contributed by atoms with Crippen molar-refractivity contribution < 1.29 is 0 Å². The Morgan fingerprint density at radius 2 is 1.77 bits per heavy atom. The molecule has 1 aliphatic heterocycles. The quantitative estimate of drug-likeness (QED) is 0.888. The predicted molar refractivity (Wildman–Crippen MR) is 90.7 cm³/mol. The first-order chi connectivity index (χ1) is 10.9. The van der Waals surface area contributed by atoms with Crippen LogP contribution in [-0.4, -0.2) is 35.6 Å². The van der Waals surface area contributed by atoms with E-state index in [2.05, 4.69) is 57.7 Å². The van der Waals surface area contributed by atoms with E-state index in [0.717, 1.165) is 19.5 Å². The minimum absolute atomic E-state index is 0.663. The molecule has 0 spiro atoms. The number of piperidine rings is 1. The summed E-state index contributed by atoms with van der Waals surface area (Å²) in [4.78, 5) is 6.93. The van der Waals surface area contributed by atoms with Crippen molar-refractivity contribution in [2.45, 2.75) is 31.8 Å². The lowest BCUT2D eigenvalue weighted by Gasteiger charge is -2.32. The van der Waals surface area contributed by atoms with Crippen molar-refractivity contribution in [3.05, 3.63) is 66.0 Å². The second kappa shape index (κ2) is 8.06. The molecule has 3 heteroatoms. The molecule has 0 radical (unpaired) electrons. The van der Waals surface area contributed by atoms with E-state index in [1.54, 1.807) is 0 Å². The van der Waals surface area contributed by atoms with E-state index < -0.39 is 0 Å². The Hall–Kier alpha value is -1.71. The zero-order valence-electron chi connectivity index (χ0n) is 13.1. The number of likely N-dealkylation sites (tertiary alicyclic amines) is 1. The van der Waals surface area contributed by atoms with Gasteiger partial charge in [0.25, 0.3) is 0 Å². The van der Waals surface area contributed by atoms with E-state index in [-0.39, 0.29) is 0 Å². The van der Waals surface area contributed by atoms with Gasteiger partial charge in [0.15, 0.2) is 0 Å². The molecule has 0 aliphatic carbocycles. The van der Waals surface area contributed by atoms with Crippen LogP contribution in [0.1, 0.15) is 24.1 Å². The summed E-state index contributed by atoms with van der Waals surface area (Å²) in [6.07, 6.45) is 5.38. The van der Waals surface area contributed by atoms with Crippen molar-refractivity contribution in [2.24, 2.45) is 0 Å². The summed E-state index contributed by atoms with van der Waals surface area (Å²) in [5, 5.41) is 3.69. The fourth-order valence-electron chi connectivity index (χ4n) is 3.09. The number of pyridine rings is 1. The van der Waals surface area contributed by atoms with Crippen molar-refractivity contribution in [3.63, 3.8) is 0 Å². The van der Waals surface area contributed by atoms with Crippen LogP contribution < -0.4 is 5.32 Å². The summed E-state index contributed by atoms with van der Waals surface area (Å²) >= 11 is 0. The lowest BCUT2D eigenvalue weighted by molar-refractivity contribution is 0.191. The van der Waals surface area contributed by atoms with Gasteiger partial charge in [-0.05, 0) is 43.6 Å². The standard InChI is InChI=1S/C19H25N3/c1-2-6-17(7-3-1)16-22-14-10-19(11-15-22)21-13-9-18-8-4-5-12-20-18/h1-8,12,19,21H,9-11,13-16H2. The Morgan fingerprint density at radius 1 is 1.00 bits per heavy atom. The maximum atomic E-state index is 4.37. The average molecular weight is 295 g/mol. The fraction of sp³-hybridized carbons (Fsp3) is 0.421. The Morgan fingerprint density at radius 3 is 2.50 bits per heavy atom. The molecular formula is C19H25N3. The number of rotatable bonds is 6. The first-order valence-electron chi connectivity index (χ1n) is 8.30. The zero-order chi connectivity index (χ0) is 15.0. The monoisotopic (exact) mass is 295 g/mol. The largest absolute Gasteiger partial charge is 0.313 e. The lowest BCUT2D eigenvalue weighted by Crippen LogP contribution is -2.42. The van der Waals surface area contributed by atoms with Gasteiger partial charge in [-0.15, -0.1) is 0 Å². The number of hydrogen-bond acceptors (Lipinski definition) is 3. The Balaban J connectivity index is 1.35. The van der Waals surface area contributed by atoms with E-state index in [1.807, 2.05) is 12.3 Å². The lowest BCUT2D eigenvalue weighted by atomic mass is 10.0. The van der Waals surface area contributed by atoms with E-state index in [9.17, 15) is 0 Å². The van der Waals surface area contributed by atoms with E-state index in [4.69, 9.17) is 0 Å². The summed E-state index contributed by atoms with van der Waals surface area (Å²) in [6, 6.07) is 17.6. The molecule has 0 saturated carbocycles. The molecule has 2 aromatic rings. The van der Waals surface area contributed by atoms with Crippen LogP contribution in [0, 0.1) is 0 Å². The van der Waals surface area contributed by atoms with Gasteiger partial charge in [0.05, 0.1) is 0 Å². The topological polar surface area (TPSA) is 28.2 Å². The highest BCUT2D eigenvalue weighted by atomic mass is 15.1. The average Bonchev–Trinajstić information content (AvgIpc) is 2.58. The van der Waals surface area contributed by atoms with Crippen molar-refractivity contribution >= 4 is 0 Å². The molecule has 2 heterocycles. The van der Waals surface area contributed by atoms with Crippen LogP contribution in [0.15, 0.2) is 54.7 Å². The van der Waals surface area contributed by atoms with Crippen molar-refractivity contribution in [3.8, 4) is 0 Å². The molecule has 22 heavy (non-hydrogen) atoms. The molecule has 3 rings (SSSR count). The van der Waals surface area contributed by atoms with Crippen molar-refractivity contribution in [1.29, 1.82) is 0 Å². The van der Waals surface area contributed by atoms with Crippen molar-refractivity contribution in [1.82, 2.24) is 15.2 Å². The molecular weight excluding hydrogens is 270 g/mol. The summed E-state index contributed by atoms with van der Waals surface area (Å²) < 4.78 is 0. The molecule has 3 nitrogen and oxygen atoms in total. The fourth-order valence-corrected chi connectivity index (χ4v) is 3.09. The Labute approximate surface area is 133 Å². The minimum Gasteiger partial charge on any atom is -0.313 e. The Bertz CT molecular complexity index is 533. The van der Waals surface area contributed by atoms with Crippen LogP contribution in [0.5, 0.6) is 0 Å². The van der Waals surface area contributed by atoms with Crippen LogP contribution >= 0.6 is 0 Å². The molecule has 0 unspecified atom stereocenters. The van der Waals surface area contributed by atoms with E-state index in [0.29, 0.717) is 6.04 Å². The Kier molecular flexibility index (Phi) is 5.57. The molecule has 0 atom stereocenters. The van der Waals surface area contributed by atoms with Gasteiger partial charge in [0.1, 0.15) is 0 Å². The molecule has 1 N–H and O–H groups in total. The third-order valence-corrected chi connectivity index (χ3v) is 4.38. The van der Waals surface area contributed by atoms with E-state index >= 15 is 0 Å². The zero-order valence-corrected chi connectivity index (χ0v) is 13.1. The molecule has 1 aromatic carbocycles. The van der Waals surface area contributed by atoms with Gasteiger partial charge in [0.2, 0.25) is 0 Å². The van der Waals surface area contributed by atoms with Gasteiger partial charge < -0.3 is 5.32 Å². The summed E-state index contributed by atoms with van der Waals surface area (Å²) in [7, 11) is 0. The number of nitrogens with one attached hydrogen (secondary N) is 1. The smallest absolute Gasteiger partial charge is 0.0416 e. The van der Waals surface area contributed by atoms with Crippen LogP contribution in [0.25, 0.3) is 0 Å². The number of aromatic nitrogens is 1. The summed E-state index contributed by atoms with van der Waals surface area (Å²) in [5.74, 6) is 0. The molecule has 116 valence electrons. The normalized spacial score (nSPS) is 16.7. The molecule has 1 aliphatic rings. The molecule has 0 bridgehead atoms. The highest BCUT2D eigenvalue weighted by Crippen LogP contribution is 2.13. The maximum absolute atomic E-state index is 4.37. The summed E-state index contributed by atoms with van der Waals surface area (Å²) in [5.41, 5.74) is 2.60. The number of benzene rings is 1. The number of hydrogen-bond donors (Lipinski definition) is 1. The third-order valence-electron chi connectivity index (χ3n) is 4.38. The third kappa shape index (κ3) is 4.65. The highest BCUT2D eigenvalue weighted by Gasteiger charge is 2.18. The van der Waals surface area contributed by atoms with Crippen LogP contribution in [0.4, 0.5) is 0 Å². The second-order valence-corrected chi connectivity index (χ2v) is 6.06. The van der Waals surface area contributed by atoms with E-state index in [1.165, 1.54) is 37.2 Å². The minimum atomic E-state index is 0.663. The first-order valence-corrected chi connectivity index (χ1v) is 8.30.